The predicted octanol–water partition coefficient (Wildman–Crippen LogP) is 2.64. The number of hydrazone groups is 1. The van der Waals surface area contributed by atoms with Crippen LogP contribution >= 0.6 is 12.2 Å². The Kier molecular flexibility index (Phi) is 6.28. The molecule has 0 saturated carbocycles. The van der Waals surface area contributed by atoms with Crippen LogP contribution in [0.2, 0.25) is 0 Å². The SMILES string of the molecule is COc1ccc(NC(=S)N/N=C/c2cc([N+](=O)[O-])ccc2O)cc1OC. The van der Waals surface area contributed by atoms with E-state index < -0.39 is 4.92 Å². The first kappa shape index (κ1) is 18.9. The second-order valence-electron chi connectivity index (χ2n) is 4.89. The van der Waals surface area contributed by atoms with Gasteiger partial charge in [-0.05, 0) is 30.4 Å². The van der Waals surface area contributed by atoms with Crippen LogP contribution < -0.4 is 20.2 Å². The van der Waals surface area contributed by atoms with Gasteiger partial charge >= 0.3 is 0 Å². The van der Waals surface area contributed by atoms with E-state index >= 15 is 0 Å². The van der Waals surface area contributed by atoms with E-state index in [0.29, 0.717) is 17.2 Å². The zero-order chi connectivity index (χ0) is 19.1. The van der Waals surface area contributed by atoms with Crippen molar-refractivity contribution < 1.29 is 19.5 Å². The minimum Gasteiger partial charge on any atom is -0.507 e. The zero-order valence-electron chi connectivity index (χ0n) is 13.9. The molecule has 0 radical (unpaired) electrons. The number of hydrogen-bond donors (Lipinski definition) is 3. The van der Waals surface area contributed by atoms with Gasteiger partial charge < -0.3 is 19.9 Å². The highest BCUT2D eigenvalue weighted by Crippen LogP contribution is 2.29. The normalized spacial score (nSPS) is 10.4. The number of ether oxygens (including phenoxy) is 2. The summed E-state index contributed by atoms with van der Waals surface area (Å²) in [6.45, 7) is 0. The fourth-order valence-electron chi connectivity index (χ4n) is 1.99. The summed E-state index contributed by atoms with van der Waals surface area (Å²) in [7, 11) is 3.06. The van der Waals surface area contributed by atoms with E-state index in [1.54, 1.807) is 18.2 Å². The first-order valence-corrected chi connectivity index (χ1v) is 7.65. The number of phenolic OH excluding ortho intramolecular Hbond substituents is 1. The Morgan fingerprint density at radius 3 is 2.62 bits per heavy atom. The molecule has 2 aromatic carbocycles. The number of methoxy groups -OCH3 is 2. The van der Waals surface area contributed by atoms with Crippen LogP contribution in [0.1, 0.15) is 5.56 Å². The van der Waals surface area contributed by atoms with Gasteiger partial charge in [-0.1, -0.05) is 0 Å². The van der Waals surface area contributed by atoms with Crippen LogP contribution in [0.25, 0.3) is 0 Å². The van der Waals surface area contributed by atoms with Crippen LogP contribution in [0.15, 0.2) is 41.5 Å². The average molecular weight is 376 g/mol. The topological polar surface area (TPSA) is 118 Å². The molecule has 0 heterocycles. The molecule has 3 N–H and O–H groups in total. The third-order valence-electron chi connectivity index (χ3n) is 3.23. The number of anilines is 1. The number of nitrogens with one attached hydrogen (secondary N) is 2. The maximum atomic E-state index is 10.8. The lowest BCUT2D eigenvalue weighted by molar-refractivity contribution is -0.384. The maximum absolute atomic E-state index is 10.8. The van der Waals surface area contributed by atoms with Crippen molar-refractivity contribution in [2.75, 3.05) is 19.5 Å². The van der Waals surface area contributed by atoms with Gasteiger partial charge in [-0.3, -0.25) is 15.5 Å². The van der Waals surface area contributed by atoms with Crippen molar-refractivity contribution in [3.63, 3.8) is 0 Å². The molecule has 0 aliphatic rings. The highest BCUT2D eigenvalue weighted by Gasteiger charge is 2.09. The molecule has 2 rings (SSSR count). The highest BCUT2D eigenvalue weighted by molar-refractivity contribution is 7.80. The lowest BCUT2D eigenvalue weighted by atomic mass is 10.2. The molecule has 0 aromatic heterocycles. The first-order valence-electron chi connectivity index (χ1n) is 7.24. The van der Waals surface area contributed by atoms with Crippen LogP contribution in [-0.2, 0) is 0 Å². The number of hydrogen-bond acceptors (Lipinski definition) is 7. The summed E-state index contributed by atoms with van der Waals surface area (Å²) >= 11 is 5.11. The largest absolute Gasteiger partial charge is 0.507 e. The van der Waals surface area contributed by atoms with Gasteiger partial charge in [0.1, 0.15) is 5.75 Å². The van der Waals surface area contributed by atoms with E-state index in [4.69, 9.17) is 21.7 Å². The Balaban J connectivity index is 2.02. The van der Waals surface area contributed by atoms with Gasteiger partial charge in [-0.25, -0.2) is 0 Å². The molecule has 10 heteroatoms. The third kappa shape index (κ3) is 4.80. The van der Waals surface area contributed by atoms with Crippen molar-refractivity contribution >= 4 is 34.9 Å². The number of nitro benzene ring substituents is 1. The number of nitro groups is 1. The summed E-state index contributed by atoms with van der Waals surface area (Å²) in [4.78, 5) is 10.2. The lowest BCUT2D eigenvalue weighted by Crippen LogP contribution is -2.23. The predicted molar refractivity (Wildman–Crippen MR) is 101 cm³/mol. The average Bonchev–Trinajstić information content (AvgIpc) is 2.62. The summed E-state index contributed by atoms with van der Waals surface area (Å²) in [5, 5.41) is 27.4. The van der Waals surface area contributed by atoms with Crippen molar-refractivity contribution in [2.24, 2.45) is 5.10 Å². The summed E-state index contributed by atoms with van der Waals surface area (Å²) in [6.07, 6.45) is 1.23. The van der Waals surface area contributed by atoms with Gasteiger partial charge in [0, 0.05) is 29.4 Å². The number of rotatable bonds is 6. The molecule has 2 aromatic rings. The number of nitrogens with zero attached hydrogens (tertiary/aromatic N) is 2. The van der Waals surface area contributed by atoms with E-state index in [0.717, 1.165) is 0 Å². The van der Waals surface area contributed by atoms with E-state index in [-0.39, 0.29) is 22.1 Å². The molecular formula is C16H16N4O5S. The van der Waals surface area contributed by atoms with E-state index in [1.165, 1.54) is 38.6 Å². The van der Waals surface area contributed by atoms with E-state index in [2.05, 4.69) is 15.8 Å². The first-order chi connectivity index (χ1) is 12.4. The number of benzene rings is 2. The molecule has 0 atom stereocenters. The lowest BCUT2D eigenvalue weighted by Gasteiger charge is -2.11. The molecule has 0 saturated heterocycles. The minimum atomic E-state index is -0.562. The van der Waals surface area contributed by atoms with Crippen molar-refractivity contribution in [1.29, 1.82) is 0 Å². The smallest absolute Gasteiger partial charge is 0.270 e. The summed E-state index contributed by atoms with van der Waals surface area (Å²) < 4.78 is 10.4. The Bertz CT molecular complexity index is 857. The minimum absolute atomic E-state index is 0.139. The van der Waals surface area contributed by atoms with Gasteiger partial charge in [-0.2, -0.15) is 5.10 Å². The van der Waals surface area contributed by atoms with E-state index in [1.807, 2.05) is 0 Å². The number of aromatic hydroxyl groups is 1. The highest BCUT2D eigenvalue weighted by atomic mass is 32.1. The van der Waals surface area contributed by atoms with Crippen molar-refractivity contribution in [1.82, 2.24) is 5.43 Å². The van der Waals surface area contributed by atoms with Gasteiger partial charge in [0.05, 0.1) is 25.4 Å². The van der Waals surface area contributed by atoms with Gasteiger partial charge in [0.2, 0.25) is 0 Å². The molecule has 0 fully saturated rings. The van der Waals surface area contributed by atoms with Gasteiger partial charge in [-0.15, -0.1) is 0 Å². The summed E-state index contributed by atoms with van der Waals surface area (Å²) in [6, 6.07) is 8.77. The van der Waals surface area contributed by atoms with E-state index in [9.17, 15) is 15.2 Å². The number of phenols is 1. The zero-order valence-corrected chi connectivity index (χ0v) is 14.7. The molecule has 0 aliphatic heterocycles. The molecule has 9 nitrogen and oxygen atoms in total. The Labute approximate surface area is 154 Å². The number of non-ortho nitro benzene ring substituents is 1. The van der Waals surface area contributed by atoms with Crippen LogP contribution in [0, 0.1) is 10.1 Å². The standard InChI is InChI=1S/C16H16N4O5S/c1-24-14-6-3-11(8-15(14)25-2)18-16(26)19-17-9-10-7-12(20(22)23)4-5-13(10)21/h3-9,21H,1-2H3,(H2,18,19,26)/b17-9+. The molecule has 0 spiro atoms. The quantitative estimate of drug-likeness (QED) is 0.305. The van der Waals surface area contributed by atoms with Crippen molar-refractivity contribution in [3.05, 3.63) is 52.1 Å². The Morgan fingerprint density at radius 2 is 1.96 bits per heavy atom. The molecule has 0 bridgehead atoms. The third-order valence-corrected chi connectivity index (χ3v) is 3.43. The summed E-state index contributed by atoms with van der Waals surface area (Å²) in [5.74, 6) is 0.973. The fraction of sp³-hybridized carbons (Fsp3) is 0.125. The molecular weight excluding hydrogens is 360 g/mol. The summed E-state index contributed by atoms with van der Waals surface area (Å²) in [5.41, 5.74) is 3.23. The molecule has 26 heavy (non-hydrogen) atoms. The van der Waals surface area contributed by atoms with Gasteiger partial charge in [0.25, 0.3) is 5.69 Å². The molecule has 0 aliphatic carbocycles. The van der Waals surface area contributed by atoms with Crippen LogP contribution in [0.3, 0.4) is 0 Å². The maximum Gasteiger partial charge on any atom is 0.270 e. The number of thiocarbonyl (C=S) groups is 1. The van der Waals surface area contributed by atoms with Crippen LogP contribution in [0.4, 0.5) is 11.4 Å². The Morgan fingerprint density at radius 1 is 1.23 bits per heavy atom. The van der Waals surface area contributed by atoms with Gasteiger partial charge in [0.15, 0.2) is 16.6 Å². The Hall–Kier alpha value is -3.40. The second kappa shape index (κ2) is 8.62. The fourth-order valence-corrected chi connectivity index (χ4v) is 2.16. The molecule has 0 unspecified atom stereocenters. The molecule has 0 amide bonds. The second-order valence-corrected chi connectivity index (χ2v) is 5.30. The monoisotopic (exact) mass is 376 g/mol. The van der Waals surface area contributed by atoms with Crippen LogP contribution in [-0.4, -0.2) is 35.6 Å². The van der Waals surface area contributed by atoms with Crippen molar-refractivity contribution in [2.45, 2.75) is 0 Å². The van der Waals surface area contributed by atoms with Crippen molar-refractivity contribution in [3.8, 4) is 17.2 Å². The van der Waals surface area contributed by atoms with Crippen LogP contribution in [0.5, 0.6) is 17.2 Å². The molecule has 136 valence electrons.